The Kier molecular flexibility index (Phi) is 5.54. The van der Waals surface area contributed by atoms with Crippen LogP contribution in [0.4, 0.5) is 0 Å². The predicted octanol–water partition coefficient (Wildman–Crippen LogP) is 2.56. The predicted molar refractivity (Wildman–Crippen MR) is 89.0 cm³/mol. The molecule has 3 heteroatoms. The number of benzene rings is 1. The van der Waals surface area contributed by atoms with E-state index < -0.39 is 0 Å². The Labute approximate surface area is 127 Å². The summed E-state index contributed by atoms with van der Waals surface area (Å²) in [5, 5.41) is 3.71. The third-order valence-electron chi connectivity index (χ3n) is 4.05. The summed E-state index contributed by atoms with van der Waals surface area (Å²) in [6.07, 6.45) is 5.30. The number of hydrogen-bond donors (Lipinski definition) is 1. The number of thioether (sulfide) groups is 1. The maximum atomic E-state index is 5.30. The van der Waals surface area contributed by atoms with Gasteiger partial charge in [-0.3, -0.25) is 4.90 Å². The molecular formula is C17H24N2S. The standard InChI is InChI=1S/C17H24N2S/c1-4-11-20-12-10-19-14-17(3,18-13-15(19)2)16-8-6-5-7-9-16/h1,5-9,15,18H,10-14H2,2-3H3. The molecule has 1 aromatic rings. The summed E-state index contributed by atoms with van der Waals surface area (Å²) >= 11 is 1.85. The van der Waals surface area contributed by atoms with Gasteiger partial charge < -0.3 is 5.32 Å². The fourth-order valence-corrected chi connectivity index (χ4v) is 3.36. The van der Waals surface area contributed by atoms with Crippen molar-refractivity contribution in [2.75, 3.05) is 31.1 Å². The molecule has 1 aliphatic rings. The van der Waals surface area contributed by atoms with Crippen LogP contribution in [0.25, 0.3) is 0 Å². The molecular weight excluding hydrogens is 264 g/mol. The number of nitrogens with zero attached hydrogens (tertiary/aromatic N) is 1. The van der Waals surface area contributed by atoms with Crippen LogP contribution in [-0.4, -0.2) is 42.1 Å². The summed E-state index contributed by atoms with van der Waals surface area (Å²) in [5.41, 5.74) is 1.41. The first kappa shape index (κ1) is 15.4. The number of terminal acetylenes is 1. The van der Waals surface area contributed by atoms with Crippen LogP contribution >= 0.6 is 11.8 Å². The van der Waals surface area contributed by atoms with E-state index in [0.717, 1.165) is 31.1 Å². The summed E-state index contributed by atoms with van der Waals surface area (Å²) in [4.78, 5) is 2.58. The molecule has 0 amide bonds. The van der Waals surface area contributed by atoms with E-state index >= 15 is 0 Å². The first-order valence-electron chi connectivity index (χ1n) is 7.21. The van der Waals surface area contributed by atoms with Crippen molar-refractivity contribution in [3.05, 3.63) is 35.9 Å². The van der Waals surface area contributed by atoms with Crippen LogP contribution in [0.5, 0.6) is 0 Å². The van der Waals surface area contributed by atoms with Gasteiger partial charge in [0, 0.05) is 31.4 Å². The highest BCUT2D eigenvalue weighted by atomic mass is 32.2. The molecule has 1 aliphatic heterocycles. The molecule has 1 N–H and O–H groups in total. The molecule has 0 aliphatic carbocycles. The Morgan fingerprint density at radius 2 is 2.20 bits per heavy atom. The Hall–Kier alpha value is -0.950. The maximum Gasteiger partial charge on any atom is 0.0545 e. The monoisotopic (exact) mass is 288 g/mol. The highest BCUT2D eigenvalue weighted by molar-refractivity contribution is 7.99. The summed E-state index contributed by atoms with van der Waals surface area (Å²) in [5.74, 6) is 4.62. The van der Waals surface area contributed by atoms with Crippen LogP contribution in [0, 0.1) is 12.3 Å². The van der Waals surface area contributed by atoms with Gasteiger partial charge in [-0.1, -0.05) is 36.3 Å². The van der Waals surface area contributed by atoms with Crippen molar-refractivity contribution in [2.45, 2.75) is 25.4 Å². The number of rotatable bonds is 5. The number of piperazine rings is 1. The van der Waals surface area contributed by atoms with Gasteiger partial charge in [0.25, 0.3) is 0 Å². The minimum atomic E-state index is 0.0462. The van der Waals surface area contributed by atoms with Crippen LogP contribution in [0.15, 0.2) is 30.3 Å². The molecule has 20 heavy (non-hydrogen) atoms. The smallest absolute Gasteiger partial charge is 0.0545 e. The normalized spacial score (nSPS) is 27.1. The molecule has 0 radical (unpaired) electrons. The van der Waals surface area contributed by atoms with E-state index in [1.54, 1.807) is 0 Å². The molecule has 2 unspecified atom stereocenters. The van der Waals surface area contributed by atoms with E-state index in [4.69, 9.17) is 6.42 Å². The Morgan fingerprint density at radius 3 is 2.90 bits per heavy atom. The third-order valence-corrected chi connectivity index (χ3v) is 4.89. The molecule has 2 nitrogen and oxygen atoms in total. The fraction of sp³-hybridized carbons (Fsp3) is 0.529. The average molecular weight is 288 g/mol. The quantitative estimate of drug-likeness (QED) is 0.662. The molecule has 0 bridgehead atoms. The van der Waals surface area contributed by atoms with Crippen molar-refractivity contribution in [2.24, 2.45) is 0 Å². The van der Waals surface area contributed by atoms with Gasteiger partial charge in [0.15, 0.2) is 0 Å². The Balaban J connectivity index is 1.98. The molecule has 1 aromatic carbocycles. The minimum absolute atomic E-state index is 0.0462. The van der Waals surface area contributed by atoms with Gasteiger partial charge in [-0.25, -0.2) is 0 Å². The lowest BCUT2D eigenvalue weighted by atomic mass is 9.88. The van der Waals surface area contributed by atoms with Crippen molar-refractivity contribution >= 4 is 11.8 Å². The Morgan fingerprint density at radius 1 is 1.45 bits per heavy atom. The second-order valence-corrected chi connectivity index (χ2v) is 6.76. The van der Waals surface area contributed by atoms with E-state index in [2.05, 4.69) is 60.3 Å². The summed E-state index contributed by atoms with van der Waals surface area (Å²) < 4.78 is 0. The van der Waals surface area contributed by atoms with Crippen molar-refractivity contribution in [3.8, 4) is 12.3 Å². The minimum Gasteiger partial charge on any atom is -0.305 e. The van der Waals surface area contributed by atoms with Crippen LogP contribution in [-0.2, 0) is 5.54 Å². The maximum absolute atomic E-state index is 5.30. The average Bonchev–Trinajstić information content (AvgIpc) is 2.48. The van der Waals surface area contributed by atoms with Gasteiger partial charge in [0.2, 0.25) is 0 Å². The molecule has 1 saturated heterocycles. The zero-order valence-corrected chi connectivity index (χ0v) is 13.2. The topological polar surface area (TPSA) is 15.3 Å². The first-order chi connectivity index (χ1) is 9.65. The zero-order chi connectivity index (χ0) is 14.4. The second kappa shape index (κ2) is 7.17. The van der Waals surface area contributed by atoms with E-state index in [1.165, 1.54) is 5.56 Å². The molecule has 0 aromatic heterocycles. The zero-order valence-electron chi connectivity index (χ0n) is 12.4. The van der Waals surface area contributed by atoms with Crippen molar-refractivity contribution in [3.63, 3.8) is 0 Å². The van der Waals surface area contributed by atoms with Crippen LogP contribution in [0.1, 0.15) is 19.4 Å². The molecule has 1 fully saturated rings. The Bertz CT molecular complexity index is 454. The molecule has 0 spiro atoms. The lowest BCUT2D eigenvalue weighted by Gasteiger charge is -2.45. The van der Waals surface area contributed by atoms with E-state index in [-0.39, 0.29) is 5.54 Å². The molecule has 1 heterocycles. The van der Waals surface area contributed by atoms with Crippen molar-refractivity contribution in [1.82, 2.24) is 10.2 Å². The largest absolute Gasteiger partial charge is 0.305 e. The lowest BCUT2D eigenvalue weighted by molar-refractivity contribution is 0.101. The molecule has 2 rings (SSSR count). The third kappa shape index (κ3) is 3.79. The fourth-order valence-electron chi connectivity index (χ4n) is 2.73. The van der Waals surface area contributed by atoms with E-state index in [1.807, 2.05) is 11.8 Å². The van der Waals surface area contributed by atoms with Gasteiger partial charge in [0.1, 0.15) is 0 Å². The van der Waals surface area contributed by atoms with Gasteiger partial charge in [0.05, 0.1) is 11.3 Å². The molecule has 108 valence electrons. The van der Waals surface area contributed by atoms with Gasteiger partial charge >= 0.3 is 0 Å². The second-order valence-electron chi connectivity index (χ2n) is 5.66. The van der Waals surface area contributed by atoms with Crippen molar-refractivity contribution in [1.29, 1.82) is 0 Å². The van der Waals surface area contributed by atoms with Crippen LogP contribution < -0.4 is 5.32 Å². The van der Waals surface area contributed by atoms with Gasteiger partial charge in [-0.05, 0) is 19.4 Å². The highest BCUT2D eigenvalue weighted by Crippen LogP contribution is 2.26. The number of nitrogens with one attached hydrogen (secondary N) is 1. The summed E-state index contributed by atoms with van der Waals surface area (Å²) in [6, 6.07) is 11.3. The SMILES string of the molecule is C#CCSCCN1CC(C)(c2ccccc2)NCC1C. The summed E-state index contributed by atoms with van der Waals surface area (Å²) in [6.45, 7) is 7.79. The number of hydrogen-bond acceptors (Lipinski definition) is 3. The van der Waals surface area contributed by atoms with Crippen LogP contribution in [0.3, 0.4) is 0 Å². The molecule has 2 atom stereocenters. The van der Waals surface area contributed by atoms with Crippen LogP contribution in [0.2, 0.25) is 0 Å². The molecule has 0 saturated carbocycles. The lowest BCUT2D eigenvalue weighted by Crippen LogP contribution is -2.60. The van der Waals surface area contributed by atoms with Crippen molar-refractivity contribution < 1.29 is 0 Å². The van der Waals surface area contributed by atoms with Gasteiger partial charge in [-0.15, -0.1) is 18.2 Å². The van der Waals surface area contributed by atoms with E-state index in [9.17, 15) is 0 Å². The first-order valence-corrected chi connectivity index (χ1v) is 8.37. The van der Waals surface area contributed by atoms with Gasteiger partial charge in [-0.2, -0.15) is 0 Å². The highest BCUT2D eigenvalue weighted by Gasteiger charge is 2.34. The summed E-state index contributed by atoms with van der Waals surface area (Å²) in [7, 11) is 0. The van der Waals surface area contributed by atoms with E-state index in [0.29, 0.717) is 6.04 Å².